The number of esters is 1. The summed E-state index contributed by atoms with van der Waals surface area (Å²) in [7, 11) is 0. The minimum Gasteiger partial charge on any atom is -0.454 e. The van der Waals surface area contributed by atoms with Gasteiger partial charge in [-0.2, -0.15) is 0 Å². The number of aryl methyl sites for hydroxylation is 1. The highest BCUT2D eigenvalue weighted by atomic mass is 32.1. The fraction of sp³-hybridized carbons (Fsp3) is 0.679. The van der Waals surface area contributed by atoms with Gasteiger partial charge < -0.3 is 14.9 Å². The van der Waals surface area contributed by atoms with E-state index in [0.29, 0.717) is 6.42 Å². The molecular formula is C28H43NO5S. The highest BCUT2D eigenvalue weighted by molar-refractivity contribution is 7.09. The Hall–Kier alpha value is -1.83. The summed E-state index contributed by atoms with van der Waals surface area (Å²) in [5.41, 5.74) is 0.743. The van der Waals surface area contributed by atoms with Crippen molar-refractivity contribution >= 4 is 29.2 Å². The molecule has 2 rings (SSSR count). The SMILES string of the molecule is CC1=CCC(C)(C(C)=Cc2csc(C)n2)OC(=O)CC(O)C(C)(C)C(=O)C(C)C(O)C(C)CCC1. The third-order valence-electron chi connectivity index (χ3n) is 7.58. The molecule has 7 heteroatoms. The van der Waals surface area contributed by atoms with E-state index in [-0.39, 0.29) is 18.1 Å². The zero-order valence-electron chi connectivity index (χ0n) is 22.6. The number of ether oxygens (including phenoxy) is 1. The van der Waals surface area contributed by atoms with Crippen LogP contribution in [0.2, 0.25) is 0 Å². The van der Waals surface area contributed by atoms with Gasteiger partial charge in [0.1, 0.15) is 11.4 Å². The Balaban J connectivity index is 2.41. The Morgan fingerprint density at radius 3 is 2.46 bits per heavy atom. The van der Waals surface area contributed by atoms with Crippen molar-refractivity contribution in [3.63, 3.8) is 0 Å². The van der Waals surface area contributed by atoms with Gasteiger partial charge in [-0.1, -0.05) is 39.3 Å². The molecule has 0 fully saturated rings. The number of aliphatic hydroxyl groups excluding tert-OH is 2. The minimum atomic E-state index is -1.23. The first-order valence-corrected chi connectivity index (χ1v) is 13.4. The number of allylic oxidation sites excluding steroid dienone is 1. The van der Waals surface area contributed by atoms with Crippen LogP contribution >= 0.6 is 11.3 Å². The summed E-state index contributed by atoms with van der Waals surface area (Å²) in [6.45, 7) is 14.7. The van der Waals surface area contributed by atoms with E-state index in [9.17, 15) is 19.8 Å². The van der Waals surface area contributed by atoms with Gasteiger partial charge in [0, 0.05) is 17.7 Å². The van der Waals surface area contributed by atoms with E-state index in [0.717, 1.165) is 35.5 Å². The number of rotatable bonds is 2. The summed E-state index contributed by atoms with van der Waals surface area (Å²) >= 11 is 1.56. The Bertz CT molecular complexity index is 962. The number of hydrogen-bond donors (Lipinski definition) is 2. The molecule has 196 valence electrons. The number of hydrogen-bond acceptors (Lipinski definition) is 7. The molecule has 0 spiro atoms. The molecule has 6 nitrogen and oxygen atoms in total. The first-order valence-electron chi connectivity index (χ1n) is 12.6. The van der Waals surface area contributed by atoms with Crippen molar-refractivity contribution in [2.24, 2.45) is 17.3 Å². The molecular weight excluding hydrogens is 462 g/mol. The van der Waals surface area contributed by atoms with Gasteiger partial charge in [-0.25, -0.2) is 4.98 Å². The van der Waals surface area contributed by atoms with E-state index in [1.165, 1.54) is 5.57 Å². The van der Waals surface area contributed by atoms with Crippen LogP contribution in [-0.4, -0.2) is 44.8 Å². The van der Waals surface area contributed by atoms with Gasteiger partial charge in [-0.05, 0) is 64.5 Å². The molecule has 1 aromatic heterocycles. The maximum absolute atomic E-state index is 13.2. The quantitative estimate of drug-likeness (QED) is 0.398. The molecule has 1 aliphatic heterocycles. The molecule has 0 amide bonds. The summed E-state index contributed by atoms with van der Waals surface area (Å²) < 4.78 is 6.00. The smallest absolute Gasteiger partial charge is 0.309 e. The van der Waals surface area contributed by atoms with Crippen LogP contribution in [0.1, 0.15) is 91.3 Å². The topological polar surface area (TPSA) is 96.7 Å². The Morgan fingerprint density at radius 1 is 1.20 bits per heavy atom. The lowest BCUT2D eigenvalue weighted by molar-refractivity contribution is -0.160. The summed E-state index contributed by atoms with van der Waals surface area (Å²) in [5, 5.41) is 24.6. The summed E-state index contributed by atoms with van der Waals surface area (Å²) in [6, 6.07) is 0. The molecule has 5 atom stereocenters. The maximum atomic E-state index is 13.2. The molecule has 0 bridgehead atoms. The predicted molar refractivity (Wildman–Crippen MR) is 141 cm³/mol. The molecule has 0 aliphatic carbocycles. The van der Waals surface area contributed by atoms with Gasteiger partial charge in [0.15, 0.2) is 0 Å². The second-order valence-corrected chi connectivity index (χ2v) is 12.1. The fourth-order valence-electron chi connectivity index (χ4n) is 4.55. The lowest BCUT2D eigenvalue weighted by atomic mass is 9.73. The number of ketones is 1. The third kappa shape index (κ3) is 7.58. The van der Waals surface area contributed by atoms with E-state index >= 15 is 0 Å². The molecule has 0 radical (unpaired) electrons. The van der Waals surface area contributed by atoms with Gasteiger partial charge in [0.2, 0.25) is 0 Å². The monoisotopic (exact) mass is 505 g/mol. The van der Waals surface area contributed by atoms with E-state index < -0.39 is 35.1 Å². The van der Waals surface area contributed by atoms with Gasteiger partial charge in [0.25, 0.3) is 0 Å². The van der Waals surface area contributed by atoms with Gasteiger partial charge in [-0.3, -0.25) is 9.59 Å². The molecule has 0 aromatic carbocycles. The van der Waals surface area contributed by atoms with Crippen LogP contribution in [0.25, 0.3) is 6.08 Å². The number of carbonyl (C=O) groups is 2. The third-order valence-corrected chi connectivity index (χ3v) is 8.37. The number of aromatic nitrogens is 1. The molecule has 2 heterocycles. The Kier molecular flexibility index (Phi) is 10.0. The van der Waals surface area contributed by atoms with Crippen molar-refractivity contribution in [3.8, 4) is 0 Å². The second-order valence-electron chi connectivity index (χ2n) is 11.0. The lowest BCUT2D eigenvalue weighted by Crippen LogP contribution is -2.46. The fourth-order valence-corrected chi connectivity index (χ4v) is 5.12. The minimum absolute atomic E-state index is 0.0513. The highest BCUT2D eigenvalue weighted by Gasteiger charge is 2.43. The molecule has 5 unspecified atom stereocenters. The number of thiazole rings is 1. The molecule has 0 saturated carbocycles. The summed E-state index contributed by atoms with van der Waals surface area (Å²) in [4.78, 5) is 30.8. The second kappa shape index (κ2) is 11.9. The normalized spacial score (nSPS) is 32.2. The molecule has 1 aromatic rings. The van der Waals surface area contributed by atoms with Gasteiger partial charge >= 0.3 is 5.97 Å². The Labute approximate surface area is 214 Å². The van der Waals surface area contributed by atoms with Crippen molar-refractivity contribution in [1.82, 2.24) is 4.98 Å². The average molecular weight is 506 g/mol. The van der Waals surface area contributed by atoms with Crippen molar-refractivity contribution in [2.45, 2.75) is 105 Å². The number of carbonyl (C=O) groups excluding carboxylic acids is 2. The van der Waals surface area contributed by atoms with Crippen LogP contribution in [0.15, 0.2) is 22.6 Å². The van der Waals surface area contributed by atoms with E-state index in [1.807, 2.05) is 39.2 Å². The van der Waals surface area contributed by atoms with Crippen molar-refractivity contribution in [1.29, 1.82) is 0 Å². The largest absolute Gasteiger partial charge is 0.454 e. The number of nitrogens with zero attached hydrogens (tertiary/aromatic N) is 1. The molecule has 0 saturated heterocycles. The van der Waals surface area contributed by atoms with Gasteiger partial charge in [0.05, 0.1) is 34.7 Å². The van der Waals surface area contributed by atoms with Crippen molar-refractivity contribution in [2.75, 3.05) is 0 Å². The molecule has 1 aliphatic rings. The molecule has 35 heavy (non-hydrogen) atoms. The van der Waals surface area contributed by atoms with Crippen LogP contribution in [-0.2, 0) is 14.3 Å². The van der Waals surface area contributed by atoms with E-state index in [2.05, 4.69) is 18.0 Å². The molecule has 2 N–H and O–H groups in total. The Morgan fingerprint density at radius 2 is 1.86 bits per heavy atom. The van der Waals surface area contributed by atoms with Crippen molar-refractivity contribution < 1.29 is 24.5 Å². The van der Waals surface area contributed by atoms with Crippen LogP contribution in [0.3, 0.4) is 0 Å². The predicted octanol–water partition coefficient (Wildman–Crippen LogP) is 5.66. The number of Topliss-reactive ketones (excluding diaryl/α,β-unsaturated/α-hetero) is 1. The summed E-state index contributed by atoms with van der Waals surface area (Å²) in [5.74, 6) is -1.52. The maximum Gasteiger partial charge on any atom is 0.309 e. The first-order chi connectivity index (χ1) is 16.2. The number of aliphatic hydroxyl groups is 2. The van der Waals surface area contributed by atoms with Crippen LogP contribution in [0.4, 0.5) is 0 Å². The van der Waals surface area contributed by atoms with E-state index in [4.69, 9.17) is 4.74 Å². The van der Waals surface area contributed by atoms with E-state index in [1.54, 1.807) is 32.1 Å². The lowest BCUT2D eigenvalue weighted by Gasteiger charge is -2.35. The standard InChI is InChI=1S/C28H43NO5S/c1-17-10-9-11-18(2)25(32)20(4)26(33)27(6,7)23(30)15-24(31)34-28(8,13-12-17)19(3)14-22-16-35-21(5)29-22/h12,14,16,18,20,23,25,30,32H,9-11,13,15H2,1-8H3. The van der Waals surface area contributed by atoms with Gasteiger partial charge in [-0.15, -0.1) is 11.3 Å². The summed E-state index contributed by atoms with van der Waals surface area (Å²) in [6.07, 6.45) is 4.74. The van der Waals surface area contributed by atoms with Crippen LogP contribution in [0, 0.1) is 24.2 Å². The number of cyclic esters (lactones) is 1. The first kappa shape index (κ1) is 29.4. The highest BCUT2D eigenvalue weighted by Crippen LogP contribution is 2.34. The average Bonchev–Trinajstić information content (AvgIpc) is 3.19. The zero-order valence-corrected chi connectivity index (χ0v) is 23.4. The zero-order chi connectivity index (χ0) is 26.6. The van der Waals surface area contributed by atoms with Crippen LogP contribution < -0.4 is 0 Å². The van der Waals surface area contributed by atoms with Crippen molar-refractivity contribution in [3.05, 3.63) is 33.3 Å². The van der Waals surface area contributed by atoms with Crippen LogP contribution in [0.5, 0.6) is 0 Å².